The van der Waals surface area contributed by atoms with Crippen LogP contribution in [-0.4, -0.2) is 56.2 Å². The zero-order valence-corrected chi connectivity index (χ0v) is 16.9. The summed E-state index contributed by atoms with van der Waals surface area (Å²) in [6, 6.07) is 0. The van der Waals surface area contributed by atoms with Gasteiger partial charge in [-0.2, -0.15) is 0 Å². The van der Waals surface area contributed by atoms with Gasteiger partial charge >= 0.3 is 8.80 Å². The van der Waals surface area contributed by atoms with E-state index in [-0.39, 0.29) is 5.73 Å². The van der Waals surface area contributed by atoms with Crippen LogP contribution in [0.2, 0.25) is 0 Å². The maximum atomic E-state index is 5.94. The summed E-state index contributed by atoms with van der Waals surface area (Å²) in [4.78, 5) is 0. The minimum absolute atomic E-state index is 0.127. The molecule has 0 saturated heterocycles. The Bertz CT molecular complexity index is 241. The normalized spacial score (nSPS) is 13.4. The molecule has 0 amide bonds. The Balaban J connectivity index is 4.15. The SMILES string of the molecule is CCCCCCCCCCC(OCCOC)[Si](OC)(OC)OC. The van der Waals surface area contributed by atoms with Crippen LogP contribution in [0.15, 0.2) is 0 Å². The van der Waals surface area contributed by atoms with Crippen molar-refractivity contribution >= 4 is 8.80 Å². The standard InChI is InChI=1S/C17H38O5Si/c1-6-7-8-9-10-11-12-13-14-17(22-16-15-18-2)23(19-3,20-4)21-5/h17H,6-16H2,1-5H3. The summed E-state index contributed by atoms with van der Waals surface area (Å²) in [5.74, 6) is 0. The monoisotopic (exact) mass is 350 g/mol. The third-order valence-electron chi connectivity index (χ3n) is 4.17. The maximum Gasteiger partial charge on any atom is 0.530 e. The van der Waals surface area contributed by atoms with E-state index in [2.05, 4.69) is 6.92 Å². The lowest BCUT2D eigenvalue weighted by Gasteiger charge is -2.32. The molecular formula is C17H38O5Si. The van der Waals surface area contributed by atoms with Crippen molar-refractivity contribution in [3.05, 3.63) is 0 Å². The highest BCUT2D eigenvalue weighted by molar-refractivity contribution is 6.62. The van der Waals surface area contributed by atoms with E-state index in [0.717, 1.165) is 12.8 Å². The van der Waals surface area contributed by atoms with Crippen LogP contribution in [0, 0.1) is 0 Å². The molecule has 5 nitrogen and oxygen atoms in total. The van der Waals surface area contributed by atoms with Gasteiger partial charge in [0, 0.05) is 28.4 Å². The van der Waals surface area contributed by atoms with Crippen molar-refractivity contribution in [3.8, 4) is 0 Å². The van der Waals surface area contributed by atoms with Gasteiger partial charge in [0.15, 0.2) is 0 Å². The maximum absolute atomic E-state index is 5.94. The molecule has 0 aromatic carbocycles. The smallest absolute Gasteiger partial charge is 0.382 e. The van der Waals surface area contributed by atoms with Crippen LogP contribution in [0.5, 0.6) is 0 Å². The molecule has 1 unspecified atom stereocenters. The van der Waals surface area contributed by atoms with Crippen molar-refractivity contribution in [2.75, 3.05) is 41.7 Å². The Morgan fingerprint density at radius 1 is 0.696 bits per heavy atom. The topological polar surface area (TPSA) is 46.2 Å². The summed E-state index contributed by atoms with van der Waals surface area (Å²) >= 11 is 0. The van der Waals surface area contributed by atoms with Gasteiger partial charge < -0.3 is 22.8 Å². The fourth-order valence-electron chi connectivity index (χ4n) is 2.74. The molecule has 0 fully saturated rings. The molecule has 0 aliphatic carbocycles. The predicted molar refractivity (Wildman–Crippen MR) is 95.6 cm³/mol. The third-order valence-corrected chi connectivity index (χ3v) is 7.13. The molecule has 140 valence electrons. The number of hydrogen-bond acceptors (Lipinski definition) is 5. The van der Waals surface area contributed by atoms with Crippen LogP contribution in [0.3, 0.4) is 0 Å². The van der Waals surface area contributed by atoms with Gasteiger partial charge in [0.05, 0.1) is 13.2 Å². The van der Waals surface area contributed by atoms with Gasteiger partial charge in [-0.1, -0.05) is 58.3 Å². The average Bonchev–Trinajstić information content (AvgIpc) is 2.58. The summed E-state index contributed by atoms with van der Waals surface area (Å²) in [7, 11) is 3.83. The Hall–Kier alpha value is 0.0169. The van der Waals surface area contributed by atoms with E-state index in [4.69, 9.17) is 22.8 Å². The molecule has 0 bridgehead atoms. The zero-order valence-electron chi connectivity index (χ0n) is 15.9. The number of unbranched alkanes of at least 4 members (excludes halogenated alkanes) is 7. The van der Waals surface area contributed by atoms with Crippen LogP contribution in [0.4, 0.5) is 0 Å². The first-order valence-corrected chi connectivity index (χ1v) is 10.8. The minimum atomic E-state index is -2.76. The molecule has 0 aromatic heterocycles. The lowest BCUT2D eigenvalue weighted by molar-refractivity contribution is -0.00925. The fraction of sp³-hybridized carbons (Fsp3) is 1.00. The highest BCUT2D eigenvalue weighted by Gasteiger charge is 2.48. The Kier molecular flexibility index (Phi) is 15.6. The van der Waals surface area contributed by atoms with Crippen LogP contribution in [-0.2, 0) is 22.8 Å². The highest BCUT2D eigenvalue weighted by atomic mass is 28.4. The molecule has 0 rings (SSSR count). The molecule has 6 heteroatoms. The van der Waals surface area contributed by atoms with Crippen molar-refractivity contribution in [1.29, 1.82) is 0 Å². The Morgan fingerprint density at radius 3 is 1.70 bits per heavy atom. The molecule has 0 saturated carbocycles. The lowest BCUT2D eigenvalue weighted by Crippen LogP contribution is -2.55. The molecular weight excluding hydrogens is 312 g/mol. The van der Waals surface area contributed by atoms with Crippen LogP contribution in [0.25, 0.3) is 0 Å². The molecule has 0 radical (unpaired) electrons. The summed E-state index contributed by atoms with van der Waals surface area (Å²) in [5, 5.41) is 0. The van der Waals surface area contributed by atoms with Crippen molar-refractivity contribution in [3.63, 3.8) is 0 Å². The zero-order chi connectivity index (χ0) is 17.4. The van der Waals surface area contributed by atoms with E-state index in [1.807, 2.05) is 0 Å². The molecule has 23 heavy (non-hydrogen) atoms. The Morgan fingerprint density at radius 2 is 1.22 bits per heavy atom. The quantitative estimate of drug-likeness (QED) is 0.293. The number of rotatable bonds is 17. The van der Waals surface area contributed by atoms with Crippen molar-refractivity contribution in [2.45, 2.75) is 70.4 Å². The van der Waals surface area contributed by atoms with Crippen LogP contribution in [0.1, 0.15) is 64.7 Å². The van der Waals surface area contributed by atoms with E-state index in [0.29, 0.717) is 13.2 Å². The van der Waals surface area contributed by atoms with E-state index in [9.17, 15) is 0 Å². The van der Waals surface area contributed by atoms with Gasteiger partial charge in [0.1, 0.15) is 5.73 Å². The van der Waals surface area contributed by atoms with Crippen LogP contribution >= 0.6 is 0 Å². The molecule has 0 N–H and O–H groups in total. The summed E-state index contributed by atoms with van der Waals surface area (Å²) < 4.78 is 27.7. The first-order chi connectivity index (χ1) is 11.2. The number of hydrogen-bond donors (Lipinski definition) is 0. The molecule has 1 atom stereocenters. The van der Waals surface area contributed by atoms with Gasteiger partial charge in [-0.05, 0) is 6.42 Å². The van der Waals surface area contributed by atoms with Gasteiger partial charge in [0.25, 0.3) is 0 Å². The van der Waals surface area contributed by atoms with Gasteiger partial charge in [-0.3, -0.25) is 0 Å². The second kappa shape index (κ2) is 15.5. The highest BCUT2D eigenvalue weighted by Crippen LogP contribution is 2.21. The molecule has 0 spiro atoms. The van der Waals surface area contributed by atoms with Gasteiger partial charge in [0.2, 0.25) is 0 Å². The average molecular weight is 351 g/mol. The molecule has 0 aromatic rings. The van der Waals surface area contributed by atoms with Crippen LogP contribution < -0.4 is 0 Å². The van der Waals surface area contributed by atoms with E-state index < -0.39 is 8.80 Å². The second-order valence-electron chi connectivity index (χ2n) is 5.83. The summed E-state index contributed by atoms with van der Waals surface area (Å²) in [6.45, 7) is 3.35. The third kappa shape index (κ3) is 9.79. The lowest BCUT2D eigenvalue weighted by atomic mass is 10.1. The summed E-state index contributed by atoms with van der Waals surface area (Å²) in [6.07, 6.45) is 11.2. The second-order valence-corrected chi connectivity index (χ2v) is 8.91. The fourth-order valence-corrected chi connectivity index (χ4v) is 4.91. The first-order valence-electron chi connectivity index (χ1n) is 8.96. The molecule has 0 aliphatic heterocycles. The predicted octanol–water partition coefficient (Wildman–Crippen LogP) is 3.97. The van der Waals surface area contributed by atoms with E-state index in [1.54, 1.807) is 28.4 Å². The van der Waals surface area contributed by atoms with Crippen molar-refractivity contribution in [1.82, 2.24) is 0 Å². The van der Waals surface area contributed by atoms with Crippen molar-refractivity contribution < 1.29 is 22.8 Å². The van der Waals surface area contributed by atoms with E-state index in [1.165, 1.54) is 44.9 Å². The first kappa shape index (κ1) is 23.0. The number of methoxy groups -OCH3 is 1. The summed E-state index contributed by atoms with van der Waals surface area (Å²) in [5.41, 5.74) is -0.127. The van der Waals surface area contributed by atoms with Crippen molar-refractivity contribution in [2.24, 2.45) is 0 Å². The molecule has 0 aliphatic rings. The van der Waals surface area contributed by atoms with E-state index >= 15 is 0 Å². The van der Waals surface area contributed by atoms with Gasteiger partial charge in [-0.25, -0.2) is 0 Å². The minimum Gasteiger partial charge on any atom is -0.382 e. The largest absolute Gasteiger partial charge is 0.530 e. The molecule has 0 heterocycles. The Labute approximate surface area is 144 Å². The number of ether oxygens (including phenoxy) is 2. The van der Waals surface area contributed by atoms with Gasteiger partial charge in [-0.15, -0.1) is 0 Å².